The number of hydrogen-bond donors (Lipinski definition) is 2. The molecule has 108 valence electrons. The van der Waals surface area contributed by atoms with Gasteiger partial charge in [-0.05, 0) is 17.8 Å². The van der Waals surface area contributed by atoms with Crippen molar-refractivity contribution in [3.8, 4) is 0 Å². The lowest BCUT2D eigenvalue weighted by Crippen LogP contribution is -2.52. The topological polar surface area (TPSA) is 50.4 Å². The molecule has 1 aliphatic rings. The van der Waals surface area contributed by atoms with Crippen molar-refractivity contribution >= 4 is 18.3 Å². The monoisotopic (exact) mass is 278 g/mol. The Kier molecular flexibility index (Phi) is 7.83. The van der Waals surface area contributed by atoms with Crippen LogP contribution in [0.5, 0.6) is 0 Å². The van der Waals surface area contributed by atoms with Gasteiger partial charge in [0.05, 0.1) is 13.2 Å². The quantitative estimate of drug-likeness (QED) is 0.803. The number of rotatable bonds is 5. The van der Waals surface area contributed by atoms with Crippen LogP contribution in [0, 0.1) is 11.3 Å². The minimum atomic E-state index is -0.182. The molecule has 0 spiro atoms. The van der Waals surface area contributed by atoms with Crippen molar-refractivity contribution in [2.24, 2.45) is 11.3 Å². The highest BCUT2D eigenvalue weighted by atomic mass is 35.5. The molecule has 2 N–H and O–H groups in total. The normalized spacial score (nSPS) is 20.4. The molecule has 0 aromatic carbocycles. The second-order valence-corrected chi connectivity index (χ2v) is 6.06. The molecule has 18 heavy (non-hydrogen) atoms. The fourth-order valence-corrected chi connectivity index (χ4v) is 2.36. The minimum Gasteiger partial charge on any atom is -0.378 e. The van der Waals surface area contributed by atoms with Crippen LogP contribution in [-0.2, 0) is 9.53 Å². The lowest BCUT2D eigenvalue weighted by molar-refractivity contribution is -0.126. The number of nitrogens with one attached hydrogen (secondary N) is 2. The van der Waals surface area contributed by atoms with Crippen molar-refractivity contribution in [1.82, 2.24) is 10.6 Å². The second-order valence-electron chi connectivity index (χ2n) is 6.06. The number of hydrogen-bond acceptors (Lipinski definition) is 3. The van der Waals surface area contributed by atoms with E-state index in [0.717, 1.165) is 19.5 Å². The molecule has 1 amide bonds. The summed E-state index contributed by atoms with van der Waals surface area (Å²) in [5.41, 5.74) is 0.152. The molecule has 1 unspecified atom stereocenters. The van der Waals surface area contributed by atoms with Crippen molar-refractivity contribution < 1.29 is 9.53 Å². The first kappa shape index (κ1) is 17.7. The number of carbonyl (C=O) groups is 1. The molecule has 0 aromatic rings. The number of halogens is 1. The van der Waals surface area contributed by atoms with E-state index >= 15 is 0 Å². The molecule has 1 rings (SSSR count). The van der Waals surface area contributed by atoms with Gasteiger partial charge in [-0.1, -0.05) is 27.7 Å². The molecular weight excluding hydrogens is 252 g/mol. The van der Waals surface area contributed by atoms with Crippen LogP contribution in [0.1, 0.15) is 34.1 Å². The molecule has 1 aliphatic heterocycles. The summed E-state index contributed by atoms with van der Waals surface area (Å²) in [5, 5.41) is 6.18. The highest BCUT2D eigenvalue weighted by molar-refractivity contribution is 5.85. The zero-order valence-corrected chi connectivity index (χ0v) is 12.7. The maximum atomic E-state index is 11.9. The summed E-state index contributed by atoms with van der Waals surface area (Å²) >= 11 is 0. The molecule has 1 atom stereocenters. The zero-order valence-electron chi connectivity index (χ0n) is 11.9. The van der Waals surface area contributed by atoms with Gasteiger partial charge < -0.3 is 15.4 Å². The van der Waals surface area contributed by atoms with Gasteiger partial charge >= 0.3 is 0 Å². The third-order valence-electron chi connectivity index (χ3n) is 2.94. The highest BCUT2D eigenvalue weighted by Crippen LogP contribution is 2.24. The van der Waals surface area contributed by atoms with Gasteiger partial charge in [0.15, 0.2) is 0 Å². The Labute approximate surface area is 117 Å². The zero-order chi connectivity index (χ0) is 12.9. The molecular formula is C13H27ClN2O2. The van der Waals surface area contributed by atoms with Crippen LogP contribution in [0.3, 0.4) is 0 Å². The summed E-state index contributed by atoms with van der Waals surface area (Å²) in [5.74, 6) is 0.708. The molecule has 5 heteroatoms. The highest BCUT2D eigenvalue weighted by Gasteiger charge is 2.24. The summed E-state index contributed by atoms with van der Waals surface area (Å²) < 4.78 is 5.28. The molecule has 0 radical (unpaired) electrons. The first-order valence-corrected chi connectivity index (χ1v) is 6.49. The Morgan fingerprint density at radius 3 is 2.67 bits per heavy atom. The third kappa shape index (κ3) is 6.57. The predicted molar refractivity (Wildman–Crippen MR) is 76.1 cm³/mol. The molecule has 0 aromatic heterocycles. The van der Waals surface area contributed by atoms with Crippen LogP contribution in [0.25, 0.3) is 0 Å². The summed E-state index contributed by atoms with van der Waals surface area (Å²) in [6.07, 6.45) is 1.11. The fraction of sp³-hybridized carbons (Fsp3) is 0.923. The van der Waals surface area contributed by atoms with Gasteiger partial charge in [-0.2, -0.15) is 0 Å². The van der Waals surface area contributed by atoms with E-state index in [1.54, 1.807) is 0 Å². The molecule has 0 bridgehead atoms. The van der Waals surface area contributed by atoms with Gasteiger partial charge in [-0.25, -0.2) is 0 Å². The largest absolute Gasteiger partial charge is 0.378 e. The van der Waals surface area contributed by atoms with Gasteiger partial charge in [0, 0.05) is 13.1 Å². The number of amides is 1. The second kappa shape index (κ2) is 7.97. The summed E-state index contributed by atoms with van der Waals surface area (Å²) in [4.78, 5) is 11.9. The molecule has 1 saturated heterocycles. The fourth-order valence-electron chi connectivity index (χ4n) is 2.36. The van der Waals surface area contributed by atoms with Gasteiger partial charge in [0.2, 0.25) is 5.91 Å². The minimum absolute atomic E-state index is 0. The molecule has 1 heterocycles. The van der Waals surface area contributed by atoms with Crippen molar-refractivity contribution in [2.45, 2.75) is 40.2 Å². The van der Waals surface area contributed by atoms with E-state index in [1.165, 1.54) is 0 Å². The average Bonchev–Trinajstić information content (AvgIpc) is 2.25. The first-order valence-electron chi connectivity index (χ1n) is 6.49. The van der Waals surface area contributed by atoms with Crippen molar-refractivity contribution in [1.29, 1.82) is 0 Å². The van der Waals surface area contributed by atoms with E-state index < -0.39 is 0 Å². The van der Waals surface area contributed by atoms with E-state index in [2.05, 4.69) is 38.3 Å². The number of carbonyl (C=O) groups excluding carboxylic acids is 1. The third-order valence-corrected chi connectivity index (χ3v) is 2.94. The molecule has 4 nitrogen and oxygen atoms in total. The maximum Gasteiger partial charge on any atom is 0.239 e. The van der Waals surface area contributed by atoms with Crippen LogP contribution in [-0.4, -0.2) is 38.3 Å². The van der Waals surface area contributed by atoms with Gasteiger partial charge in [0.25, 0.3) is 0 Å². The molecule has 0 aliphatic carbocycles. The van der Waals surface area contributed by atoms with E-state index in [1.807, 2.05) is 0 Å². The molecule has 1 fully saturated rings. The summed E-state index contributed by atoms with van der Waals surface area (Å²) in [6, 6.07) is -0.182. The Balaban J connectivity index is 0.00000289. The maximum absolute atomic E-state index is 11.9. The lowest BCUT2D eigenvalue weighted by Gasteiger charge is -2.29. The van der Waals surface area contributed by atoms with E-state index in [0.29, 0.717) is 19.1 Å². The van der Waals surface area contributed by atoms with E-state index in [4.69, 9.17) is 4.74 Å². The lowest BCUT2D eigenvalue weighted by atomic mass is 9.84. The van der Waals surface area contributed by atoms with E-state index in [9.17, 15) is 4.79 Å². The van der Waals surface area contributed by atoms with Crippen LogP contribution in [0.4, 0.5) is 0 Å². The van der Waals surface area contributed by atoms with Crippen LogP contribution in [0.15, 0.2) is 0 Å². The van der Waals surface area contributed by atoms with Crippen LogP contribution < -0.4 is 10.6 Å². The smallest absolute Gasteiger partial charge is 0.239 e. The van der Waals surface area contributed by atoms with Gasteiger partial charge in [-0.15, -0.1) is 12.4 Å². The Bertz CT molecular complexity index is 251. The summed E-state index contributed by atoms with van der Waals surface area (Å²) in [6.45, 7) is 11.5. The standard InChI is InChI=1S/C13H26N2O2.ClH/c1-10(2)7-13(3,4)9-15-12(16)11-8-17-6-5-14-11;/h10-11,14H,5-9H2,1-4H3,(H,15,16);1H. The first-order chi connectivity index (χ1) is 7.91. The van der Waals surface area contributed by atoms with Gasteiger partial charge in [-0.3, -0.25) is 4.79 Å². The number of ether oxygens (including phenoxy) is 1. The van der Waals surface area contributed by atoms with Crippen molar-refractivity contribution in [2.75, 3.05) is 26.3 Å². The van der Waals surface area contributed by atoms with E-state index in [-0.39, 0.29) is 29.8 Å². The predicted octanol–water partition coefficient (Wildman–Crippen LogP) is 1.59. The van der Waals surface area contributed by atoms with Crippen molar-refractivity contribution in [3.63, 3.8) is 0 Å². The SMILES string of the molecule is CC(C)CC(C)(C)CNC(=O)C1COCCN1.Cl. The summed E-state index contributed by atoms with van der Waals surface area (Å²) in [7, 11) is 0. The Morgan fingerprint density at radius 1 is 1.50 bits per heavy atom. The van der Waals surface area contributed by atoms with Crippen molar-refractivity contribution in [3.05, 3.63) is 0 Å². The Morgan fingerprint density at radius 2 is 2.17 bits per heavy atom. The number of morpholine rings is 1. The molecule has 0 saturated carbocycles. The van der Waals surface area contributed by atoms with Crippen LogP contribution >= 0.6 is 12.4 Å². The van der Waals surface area contributed by atoms with Crippen LogP contribution in [0.2, 0.25) is 0 Å². The Hall–Kier alpha value is -0.320. The van der Waals surface area contributed by atoms with Gasteiger partial charge in [0.1, 0.15) is 6.04 Å². The average molecular weight is 279 g/mol.